The van der Waals surface area contributed by atoms with Crippen molar-refractivity contribution >= 4 is 39.8 Å². The van der Waals surface area contributed by atoms with Gasteiger partial charge >= 0.3 is 5.97 Å². The van der Waals surface area contributed by atoms with Crippen LogP contribution in [0.2, 0.25) is 0 Å². The standard InChI is InChI=1S/C24H24N2O6S/c1-5-32-24(29)19-14(2)20(22(28)25-16-8-12-18(31-4)13-9-16)33-23(19)26-21(27)15-6-10-17(30-3)11-7-15/h6-13H,5H2,1-4H3,(H,25,28)(H,26,27). The molecule has 2 N–H and O–H groups in total. The summed E-state index contributed by atoms with van der Waals surface area (Å²) in [6, 6.07) is 13.4. The molecule has 0 bridgehead atoms. The molecule has 0 aliphatic rings. The molecule has 0 saturated heterocycles. The van der Waals surface area contributed by atoms with Crippen LogP contribution >= 0.6 is 11.3 Å². The SMILES string of the molecule is CCOC(=O)c1c(NC(=O)c2ccc(OC)cc2)sc(C(=O)Nc2ccc(OC)cc2)c1C. The predicted molar refractivity (Wildman–Crippen MR) is 127 cm³/mol. The van der Waals surface area contributed by atoms with Gasteiger partial charge in [0.15, 0.2) is 0 Å². The van der Waals surface area contributed by atoms with Gasteiger partial charge in [0.25, 0.3) is 11.8 Å². The van der Waals surface area contributed by atoms with Crippen molar-refractivity contribution in [1.82, 2.24) is 0 Å². The van der Waals surface area contributed by atoms with Gasteiger partial charge in [0.2, 0.25) is 0 Å². The van der Waals surface area contributed by atoms with Crippen molar-refractivity contribution in [2.24, 2.45) is 0 Å². The summed E-state index contributed by atoms with van der Waals surface area (Å²) in [5.41, 5.74) is 1.52. The highest BCUT2D eigenvalue weighted by molar-refractivity contribution is 7.19. The van der Waals surface area contributed by atoms with Gasteiger partial charge in [0.1, 0.15) is 16.5 Å². The molecular formula is C24H24N2O6S. The summed E-state index contributed by atoms with van der Waals surface area (Å²) in [6.07, 6.45) is 0. The van der Waals surface area contributed by atoms with E-state index < -0.39 is 17.8 Å². The number of amides is 2. The zero-order chi connectivity index (χ0) is 24.0. The lowest BCUT2D eigenvalue weighted by molar-refractivity contribution is 0.0527. The zero-order valence-electron chi connectivity index (χ0n) is 18.7. The molecule has 33 heavy (non-hydrogen) atoms. The van der Waals surface area contributed by atoms with Crippen LogP contribution in [0.25, 0.3) is 0 Å². The number of carbonyl (C=O) groups excluding carboxylic acids is 3. The molecule has 1 aromatic heterocycles. The minimum absolute atomic E-state index is 0.156. The van der Waals surface area contributed by atoms with Gasteiger partial charge in [-0.15, -0.1) is 11.3 Å². The molecular weight excluding hydrogens is 444 g/mol. The number of thiophene rings is 1. The maximum Gasteiger partial charge on any atom is 0.341 e. The number of nitrogens with one attached hydrogen (secondary N) is 2. The van der Waals surface area contributed by atoms with Gasteiger partial charge in [-0.2, -0.15) is 0 Å². The summed E-state index contributed by atoms with van der Waals surface area (Å²) < 4.78 is 15.4. The second kappa shape index (κ2) is 10.6. The molecule has 2 aromatic carbocycles. The number of anilines is 2. The van der Waals surface area contributed by atoms with E-state index in [-0.39, 0.29) is 17.2 Å². The van der Waals surface area contributed by atoms with Crippen molar-refractivity contribution in [1.29, 1.82) is 0 Å². The Labute approximate surface area is 195 Å². The van der Waals surface area contributed by atoms with Crippen molar-refractivity contribution in [3.8, 4) is 11.5 Å². The molecule has 1 heterocycles. The number of hydrogen-bond acceptors (Lipinski definition) is 7. The first-order chi connectivity index (χ1) is 15.9. The van der Waals surface area contributed by atoms with Gasteiger partial charge in [-0.1, -0.05) is 0 Å². The highest BCUT2D eigenvalue weighted by atomic mass is 32.1. The van der Waals surface area contributed by atoms with Crippen molar-refractivity contribution in [2.75, 3.05) is 31.5 Å². The fraction of sp³-hybridized carbons (Fsp3) is 0.208. The van der Waals surface area contributed by atoms with E-state index in [9.17, 15) is 14.4 Å². The molecule has 0 radical (unpaired) electrons. The molecule has 172 valence electrons. The molecule has 0 aliphatic heterocycles. The Morgan fingerprint density at radius 2 is 1.42 bits per heavy atom. The normalized spacial score (nSPS) is 10.3. The average Bonchev–Trinajstić information content (AvgIpc) is 3.15. The lowest BCUT2D eigenvalue weighted by Crippen LogP contribution is -2.15. The van der Waals surface area contributed by atoms with Gasteiger partial charge in [-0.3, -0.25) is 9.59 Å². The number of hydrogen-bond donors (Lipinski definition) is 2. The van der Waals surface area contributed by atoms with Gasteiger partial charge in [0.05, 0.1) is 31.3 Å². The van der Waals surface area contributed by atoms with Crippen LogP contribution in [0.1, 0.15) is 42.9 Å². The number of methoxy groups -OCH3 is 2. The highest BCUT2D eigenvalue weighted by Gasteiger charge is 2.27. The van der Waals surface area contributed by atoms with Gasteiger partial charge < -0.3 is 24.8 Å². The Kier molecular flexibility index (Phi) is 7.68. The second-order valence-corrected chi connectivity index (χ2v) is 7.87. The predicted octanol–water partition coefficient (Wildman–Crippen LogP) is 4.76. The first kappa shape index (κ1) is 23.8. The van der Waals surface area contributed by atoms with Gasteiger partial charge in [-0.25, -0.2) is 4.79 Å². The smallest absolute Gasteiger partial charge is 0.341 e. The number of ether oxygens (including phenoxy) is 3. The molecule has 8 nitrogen and oxygen atoms in total. The summed E-state index contributed by atoms with van der Waals surface area (Å²) in [5.74, 6) is -0.166. The summed E-state index contributed by atoms with van der Waals surface area (Å²) in [7, 11) is 3.09. The van der Waals surface area contributed by atoms with E-state index in [0.29, 0.717) is 33.2 Å². The van der Waals surface area contributed by atoms with Crippen LogP contribution in [0.15, 0.2) is 48.5 Å². The molecule has 0 atom stereocenters. The topological polar surface area (TPSA) is 103 Å². The number of benzene rings is 2. The molecule has 0 aliphatic carbocycles. The van der Waals surface area contributed by atoms with E-state index in [2.05, 4.69) is 10.6 Å². The van der Waals surface area contributed by atoms with Crippen molar-refractivity contribution < 1.29 is 28.6 Å². The van der Waals surface area contributed by atoms with Gasteiger partial charge in [0, 0.05) is 11.3 Å². The molecule has 0 unspecified atom stereocenters. The largest absolute Gasteiger partial charge is 0.497 e. The van der Waals surface area contributed by atoms with Crippen LogP contribution in [0.4, 0.5) is 10.7 Å². The summed E-state index contributed by atoms with van der Waals surface area (Å²) in [4.78, 5) is 38.6. The van der Waals surface area contributed by atoms with Crippen LogP contribution in [0.5, 0.6) is 11.5 Å². The van der Waals surface area contributed by atoms with Crippen LogP contribution in [0.3, 0.4) is 0 Å². The Morgan fingerprint density at radius 1 is 0.848 bits per heavy atom. The lowest BCUT2D eigenvalue weighted by Gasteiger charge is -2.08. The van der Waals surface area contributed by atoms with Crippen molar-refractivity contribution in [3.05, 3.63) is 70.1 Å². The van der Waals surface area contributed by atoms with Crippen LogP contribution in [-0.4, -0.2) is 38.6 Å². The molecule has 3 aromatic rings. The quantitative estimate of drug-likeness (QED) is 0.462. The first-order valence-corrected chi connectivity index (χ1v) is 10.9. The Morgan fingerprint density at radius 3 is 1.97 bits per heavy atom. The Balaban J connectivity index is 1.89. The number of rotatable bonds is 8. The van der Waals surface area contributed by atoms with Crippen LogP contribution in [0, 0.1) is 6.92 Å². The number of carbonyl (C=O) groups is 3. The molecule has 0 spiro atoms. The minimum atomic E-state index is -0.611. The van der Waals surface area contributed by atoms with E-state index in [1.165, 1.54) is 7.11 Å². The average molecular weight is 469 g/mol. The zero-order valence-corrected chi connectivity index (χ0v) is 19.5. The van der Waals surface area contributed by atoms with Crippen LogP contribution < -0.4 is 20.1 Å². The summed E-state index contributed by atoms with van der Waals surface area (Å²) in [6.45, 7) is 3.49. The molecule has 9 heteroatoms. The third-order valence-corrected chi connectivity index (χ3v) is 5.97. The first-order valence-electron chi connectivity index (χ1n) is 10.1. The fourth-order valence-corrected chi connectivity index (χ4v) is 4.13. The van der Waals surface area contributed by atoms with E-state index >= 15 is 0 Å². The monoisotopic (exact) mass is 468 g/mol. The maximum absolute atomic E-state index is 13.0. The Bertz CT molecular complexity index is 1150. The highest BCUT2D eigenvalue weighted by Crippen LogP contribution is 2.35. The maximum atomic E-state index is 13.0. The molecule has 3 rings (SSSR count). The summed E-state index contributed by atoms with van der Waals surface area (Å²) in [5, 5.41) is 5.78. The second-order valence-electron chi connectivity index (χ2n) is 6.85. The van der Waals surface area contributed by atoms with Crippen LogP contribution in [-0.2, 0) is 4.74 Å². The molecule has 0 saturated carbocycles. The van der Waals surface area contributed by atoms with E-state index in [4.69, 9.17) is 14.2 Å². The number of esters is 1. The Hall–Kier alpha value is -3.85. The fourth-order valence-electron chi connectivity index (χ4n) is 3.05. The molecule has 0 fully saturated rings. The van der Waals surface area contributed by atoms with E-state index in [0.717, 1.165) is 11.3 Å². The van der Waals surface area contributed by atoms with Crippen molar-refractivity contribution in [2.45, 2.75) is 13.8 Å². The summed E-state index contributed by atoms with van der Waals surface area (Å²) >= 11 is 1.01. The van der Waals surface area contributed by atoms with E-state index in [1.807, 2.05) is 0 Å². The van der Waals surface area contributed by atoms with Gasteiger partial charge in [-0.05, 0) is 67.9 Å². The lowest BCUT2D eigenvalue weighted by atomic mass is 10.1. The third-order valence-electron chi connectivity index (χ3n) is 4.76. The van der Waals surface area contributed by atoms with E-state index in [1.54, 1.807) is 69.5 Å². The van der Waals surface area contributed by atoms with Crippen molar-refractivity contribution in [3.63, 3.8) is 0 Å². The minimum Gasteiger partial charge on any atom is -0.497 e. The third kappa shape index (κ3) is 5.50. The molecule has 2 amide bonds.